The average molecular weight is 512 g/mol. The van der Waals surface area contributed by atoms with E-state index in [1.165, 1.54) is 20.1 Å². The van der Waals surface area contributed by atoms with Crippen molar-refractivity contribution < 1.29 is 9.53 Å². The van der Waals surface area contributed by atoms with Crippen LogP contribution in [0.15, 0.2) is 64.2 Å². The minimum Gasteiger partial charge on any atom is -0.484 e. The number of ether oxygens (including phenoxy) is 1. The second-order valence-corrected chi connectivity index (χ2v) is 9.75. The summed E-state index contributed by atoms with van der Waals surface area (Å²) in [7, 11) is 1.67. The van der Waals surface area contributed by atoms with Crippen molar-refractivity contribution in [3.63, 3.8) is 0 Å². The number of nitrogens with zero attached hydrogens (tertiary/aromatic N) is 3. The number of carbonyl (C=O) groups excluding carboxylic acids is 1. The van der Waals surface area contributed by atoms with Crippen molar-refractivity contribution in [2.24, 2.45) is 7.05 Å². The number of nitrogens with one attached hydrogen (secondary N) is 2. The first-order chi connectivity index (χ1) is 18.4. The number of rotatable bonds is 6. The van der Waals surface area contributed by atoms with Crippen molar-refractivity contribution in [3.8, 4) is 17.0 Å². The molecule has 38 heavy (non-hydrogen) atoms. The van der Waals surface area contributed by atoms with E-state index < -0.39 is 0 Å². The largest absolute Gasteiger partial charge is 0.484 e. The summed E-state index contributed by atoms with van der Waals surface area (Å²) >= 11 is 0. The minimum atomic E-state index is -0.321. The van der Waals surface area contributed by atoms with Crippen LogP contribution < -0.4 is 16.0 Å². The first-order valence-corrected chi connectivity index (χ1v) is 12.9. The van der Waals surface area contributed by atoms with E-state index in [0.29, 0.717) is 42.8 Å². The molecule has 0 radical (unpaired) electrons. The maximum atomic E-state index is 12.9. The number of aromatic nitrogens is 4. The Morgan fingerprint density at radius 1 is 1.05 bits per heavy atom. The van der Waals surface area contributed by atoms with E-state index in [-0.39, 0.29) is 23.8 Å². The Balaban J connectivity index is 1.15. The van der Waals surface area contributed by atoms with Gasteiger partial charge in [0.15, 0.2) is 6.61 Å². The second-order valence-electron chi connectivity index (χ2n) is 9.75. The fourth-order valence-corrected chi connectivity index (χ4v) is 5.33. The molecule has 0 unspecified atom stereocenters. The lowest BCUT2D eigenvalue weighted by molar-refractivity contribution is -0.134. The molecule has 0 saturated heterocycles. The highest BCUT2D eigenvalue weighted by molar-refractivity contribution is 5.86. The normalized spacial score (nSPS) is 13.3. The maximum Gasteiger partial charge on any atom is 0.331 e. The molecule has 4 heterocycles. The molecule has 2 aromatic carbocycles. The van der Waals surface area contributed by atoms with Gasteiger partial charge in [-0.05, 0) is 60.4 Å². The van der Waals surface area contributed by atoms with Crippen molar-refractivity contribution in [1.29, 1.82) is 0 Å². The SMILES string of the molecule is CCCn1c(=O)c2[nH]c(-c3ccc(OCC(=O)N4CCc5c([nH]c6ccccc56)C4)cc3)cc2n(C)c1=O. The molecule has 1 aliphatic rings. The van der Waals surface area contributed by atoms with Crippen LogP contribution in [-0.4, -0.2) is 43.1 Å². The molecule has 3 aromatic heterocycles. The average Bonchev–Trinajstić information content (AvgIpc) is 3.55. The maximum absolute atomic E-state index is 12.9. The lowest BCUT2D eigenvalue weighted by atomic mass is 10.0. The molecular weight excluding hydrogens is 482 g/mol. The molecule has 1 amide bonds. The number of hydrogen-bond donors (Lipinski definition) is 2. The molecule has 0 fully saturated rings. The molecule has 6 rings (SSSR count). The van der Waals surface area contributed by atoms with Gasteiger partial charge < -0.3 is 19.6 Å². The third-order valence-corrected chi connectivity index (χ3v) is 7.35. The van der Waals surface area contributed by atoms with Gasteiger partial charge in [0.2, 0.25) is 0 Å². The van der Waals surface area contributed by atoms with Crippen LogP contribution in [0.4, 0.5) is 0 Å². The number of carbonyl (C=O) groups is 1. The second kappa shape index (κ2) is 9.41. The highest BCUT2D eigenvalue weighted by Gasteiger charge is 2.24. The fraction of sp³-hybridized carbons (Fsp3) is 0.276. The van der Waals surface area contributed by atoms with E-state index in [2.05, 4.69) is 22.1 Å². The number of aryl methyl sites for hydroxylation is 1. The van der Waals surface area contributed by atoms with Gasteiger partial charge in [-0.2, -0.15) is 0 Å². The zero-order valence-electron chi connectivity index (χ0n) is 21.4. The zero-order valence-corrected chi connectivity index (χ0v) is 21.4. The highest BCUT2D eigenvalue weighted by Crippen LogP contribution is 2.28. The lowest BCUT2D eigenvalue weighted by Gasteiger charge is -2.27. The molecule has 0 aliphatic carbocycles. The Labute approximate surface area is 218 Å². The Morgan fingerprint density at radius 3 is 2.63 bits per heavy atom. The molecule has 9 heteroatoms. The van der Waals surface area contributed by atoms with Gasteiger partial charge in [-0.1, -0.05) is 25.1 Å². The Hall–Kier alpha value is -4.53. The van der Waals surface area contributed by atoms with E-state index in [1.54, 1.807) is 19.2 Å². The molecule has 9 nitrogen and oxygen atoms in total. The summed E-state index contributed by atoms with van der Waals surface area (Å²) in [5.41, 5.74) is 5.39. The van der Waals surface area contributed by atoms with Crippen LogP contribution >= 0.6 is 0 Å². The number of fused-ring (bicyclic) bond motifs is 4. The third kappa shape index (κ3) is 4.00. The summed E-state index contributed by atoms with van der Waals surface area (Å²) in [5.74, 6) is 0.525. The molecule has 0 bridgehead atoms. The van der Waals surface area contributed by atoms with E-state index in [0.717, 1.165) is 28.9 Å². The number of aromatic amines is 2. The van der Waals surface area contributed by atoms with Crippen LogP contribution in [0.2, 0.25) is 0 Å². The quantitative estimate of drug-likeness (QED) is 0.364. The van der Waals surface area contributed by atoms with Crippen molar-refractivity contribution in [3.05, 3.63) is 86.7 Å². The van der Waals surface area contributed by atoms with Gasteiger partial charge in [-0.15, -0.1) is 0 Å². The Kier molecular flexibility index (Phi) is 5.90. The predicted molar refractivity (Wildman–Crippen MR) is 146 cm³/mol. The third-order valence-electron chi connectivity index (χ3n) is 7.35. The topological polar surface area (TPSA) is 105 Å². The lowest BCUT2D eigenvalue weighted by Crippen LogP contribution is -2.38. The molecule has 5 aromatic rings. The smallest absolute Gasteiger partial charge is 0.331 e. The first kappa shape index (κ1) is 23.8. The fourth-order valence-electron chi connectivity index (χ4n) is 5.33. The summed E-state index contributed by atoms with van der Waals surface area (Å²) in [5, 5.41) is 1.23. The summed E-state index contributed by atoms with van der Waals surface area (Å²) in [6, 6.07) is 17.4. The Bertz CT molecular complexity index is 1790. The summed E-state index contributed by atoms with van der Waals surface area (Å²) < 4.78 is 8.56. The van der Waals surface area contributed by atoms with E-state index in [9.17, 15) is 14.4 Å². The zero-order chi connectivity index (χ0) is 26.4. The summed E-state index contributed by atoms with van der Waals surface area (Å²) in [6.45, 7) is 3.48. The standard InChI is InChI=1S/C29H29N5O4/c1-3-13-34-28(36)27-25(32(2)29(34)37)15-23(31-27)18-8-10-19(11-9-18)38-17-26(35)33-14-12-21-20-6-4-5-7-22(20)30-24(21)16-33/h4-11,15,30-31H,3,12-14,16-17H2,1-2H3. The molecule has 0 spiro atoms. The van der Waals surface area contributed by atoms with Crippen LogP contribution in [0.25, 0.3) is 33.2 Å². The molecule has 0 atom stereocenters. The number of para-hydroxylation sites is 1. The van der Waals surface area contributed by atoms with Gasteiger partial charge >= 0.3 is 5.69 Å². The monoisotopic (exact) mass is 511 g/mol. The molecular formula is C29H29N5O4. The number of benzene rings is 2. The van der Waals surface area contributed by atoms with Crippen LogP contribution in [0.1, 0.15) is 24.6 Å². The van der Waals surface area contributed by atoms with E-state index in [1.807, 2.05) is 42.2 Å². The number of H-pyrrole nitrogens is 2. The van der Waals surface area contributed by atoms with Gasteiger partial charge in [-0.3, -0.25) is 18.7 Å². The molecule has 2 N–H and O–H groups in total. The van der Waals surface area contributed by atoms with Crippen molar-refractivity contribution in [2.45, 2.75) is 32.9 Å². The van der Waals surface area contributed by atoms with Gasteiger partial charge in [0.05, 0.1) is 12.1 Å². The van der Waals surface area contributed by atoms with Crippen molar-refractivity contribution in [1.82, 2.24) is 24.0 Å². The van der Waals surface area contributed by atoms with Gasteiger partial charge in [0.1, 0.15) is 11.3 Å². The van der Waals surface area contributed by atoms with Gasteiger partial charge in [-0.25, -0.2) is 4.79 Å². The van der Waals surface area contributed by atoms with Crippen LogP contribution in [0.5, 0.6) is 5.75 Å². The summed E-state index contributed by atoms with van der Waals surface area (Å²) in [6.07, 6.45) is 1.51. The molecule has 0 saturated carbocycles. The molecule has 194 valence electrons. The van der Waals surface area contributed by atoms with Crippen molar-refractivity contribution in [2.75, 3.05) is 13.2 Å². The van der Waals surface area contributed by atoms with Crippen LogP contribution in [-0.2, 0) is 31.4 Å². The minimum absolute atomic E-state index is 0.0413. The predicted octanol–water partition coefficient (Wildman–Crippen LogP) is 3.55. The van der Waals surface area contributed by atoms with Gasteiger partial charge in [0.25, 0.3) is 11.5 Å². The van der Waals surface area contributed by atoms with E-state index >= 15 is 0 Å². The van der Waals surface area contributed by atoms with Crippen molar-refractivity contribution >= 4 is 27.8 Å². The first-order valence-electron chi connectivity index (χ1n) is 12.9. The summed E-state index contributed by atoms with van der Waals surface area (Å²) in [4.78, 5) is 46.8. The molecule has 1 aliphatic heterocycles. The van der Waals surface area contributed by atoms with E-state index in [4.69, 9.17) is 4.74 Å². The Morgan fingerprint density at radius 2 is 1.84 bits per heavy atom. The number of hydrogen-bond acceptors (Lipinski definition) is 4. The number of amides is 1. The van der Waals surface area contributed by atoms with Gasteiger partial charge in [0, 0.05) is 42.4 Å². The van der Waals surface area contributed by atoms with Crippen LogP contribution in [0, 0.1) is 0 Å². The van der Waals surface area contributed by atoms with Crippen LogP contribution in [0.3, 0.4) is 0 Å². The highest BCUT2D eigenvalue weighted by atomic mass is 16.5.